The molecule has 30 heavy (non-hydrogen) atoms. The number of rotatable bonds is 5. The second-order valence-corrected chi connectivity index (χ2v) is 9.33. The Kier molecular flexibility index (Phi) is 3.89. The Morgan fingerprint density at radius 3 is 2.63 bits per heavy atom. The van der Waals surface area contributed by atoms with Crippen molar-refractivity contribution in [3.05, 3.63) is 36.5 Å². The van der Waals surface area contributed by atoms with Crippen LogP contribution in [0.25, 0.3) is 5.82 Å². The van der Waals surface area contributed by atoms with Gasteiger partial charge in [0.2, 0.25) is 5.95 Å². The molecular weight excluding hydrogens is 380 g/mol. The van der Waals surface area contributed by atoms with Gasteiger partial charge in [-0.3, -0.25) is 9.67 Å². The predicted octanol–water partition coefficient (Wildman–Crippen LogP) is 2.79. The Morgan fingerprint density at radius 2 is 1.97 bits per heavy atom. The van der Waals surface area contributed by atoms with Crippen LogP contribution in [-0.2, 0) is 0 Å². The summed E-state index contributed by atoms with van der Waals surface area (Å²) in [5, 5.41) is 25.0. The fraction of sp³-hybridized carbons (Fsp3) is 0.524. The molecule has 0 aliphatic heterocycles. The number of aromatic amines is 1. The summed E-state index contributed by atoms with van der Waals surface area (Å²) in [5.41, 5.74) is 0.532. The molecule has 0 aromatic carbocycles. The first-order valence-electron chi connectivity index (χ1n) is 10.7. The number of nitrogens with zero attached hydrogens (tertiary/aromatic N) is 5. The largest absolute Gasteiger partial charge is 0.390 e. The van der Waals surface area contributed by atoms with E-state index in [2.05, 4.69) is 25.8 Å². The van der Waals surface area contributed by atoms with Crippen LogP contribution in [0.15, 0.2) is 30.9 Å². The van der Waals surface area contributed by atoms with Gasteiger partial charge in [-0.2, -0.15) is 15.1 Å². The maximum absolute atomic E-state index is 10.9. The zero-order chi connectivity index (χ0) is 20.3. The van der Waals surface area contributed by atoms with Crippen molar-refractivity contribution >= 4 is 17.6 Å². The van der Waals surface area contributed by atoms with E-state index in [9.17, 15) is 5.11 Å². The Morgan fingerprint density at radius 1 is 1.13 bits per heavy atom. The van der Waals surface area contributed by atoms with Gasteiger partial charge in [0.25, 0.3) is 0 Å². The van der Waals surface area contributed by atoms with E-state index < -0.39 is 5.60 Å². The maximum atomic E-state index is 10.9. The molecular formula is C21H26N8O. The van der Waals surface area contributed by atoms with Gasteiger partial charge in [0, 0.05) is 36.3 Å². The minimum atomic E-state index is -0.446. The average molecular weight is 406 g/mol. The lowest BCUT2D eigenvalue weighted by Gasteiger charge is -2.58. The number of imidazole rings is 1. The third-order valence-electron chi connectivity index (χ3n) is 6.98. The van der Waals surface area contributed by atoms with Crippen LogP contribution >= 0.6 is 0 Å². The summed E-state index contributed by atoms with van der Waals surface area (Å²) >= 11 is 0. The summed E-state index contributed by atoms with van der Waals surface area (Å²) in [6.45, 7) is 1.96. The SMILES string of the molecule is Cc1cc(Nc2cc(-n3ccnc3)nc(NC3C4CC5CC3CC(O)(C5)C4)n2)n[nH]1. The van der Waals surface area contributed by atoms with Gasteiger partial charge in [-0.05, 0) is 56.8 Å². The molecule has 0 spiro atoms. The molecule has 4 saturated carbocycles. The van der Waals surface area contributed by atoms with Crippen molar-refractivity contribution in [1.29, 1.82) is 0 Å². The fourth-order valence-corrected chi connectivity index (χ4v) is 6.07. The molecule has 3 aromatic heterocycles. The zero-order valence-corrected chi connectivity index (χ0v) is 16.9. The molecule has 4 aliphatic carbocycles. The average Bonchev–Trinajstić information content (AvgIpc) is 3.35. The lowest BCUT2D eigenvalue weighted by atomic mass is 9.52. The molecule has 4 fully saturated rings. The number of aliphatic hydroxyl groups is 1. The smallest absolute Gasteiger partial charge is 0.226 e. The lowest BCUT2D eigenvalue weighted by Crippen LogP contribution is -2.59. The number of nitrogens with one attached hydrogen (secondary N) is 3. The molecule has 2 unspecified atom stereocenters. The third kappa shape index (κ3) is 3.13. The second-order valence-electron chi connectivity index (χ2n) is 9.33. The molecule has 0 saturated heterocycles. The third-order valence-corrected chi connectivity index (χ3v) is 6.98. The van der Waals surface area contributed by atoms with E-state index in [1.165, 1.54) is 12.8 Å². The molecule has 9 heteroatoms. The van der Waals surface area contributed by atoms with Gasteiger partial charge in [0.05, 0.1) is 5.60 Å². The van der Waals surface area contributed by atoms with Crippen molar-refractivity contribution in [2.45, 2.75) is 50.7 Å². The van der Waals surface area contributed by atoms with E-state index in [1.54, 1.807) is 12.5 Å². The molecule has 4 N–H and O–H groups in total. The number of aryl methyl sites for hydroxylation is 1. The summed E-state index contributed by atoms with van der Waals surface area (Å²) in [4.78, 5) is 13.6. The van der Waals surface area contributed by atoms with Crippen LogP contribution in [0.1, 0.15) is 37.8 Å². The monoisotopic (exact) mass is 406 g/mol. The van der Waals surface area contributed by atoms with Crippen molar-refractivity contribution in [3.63, 3.8) is 0 Å². The highest BCUT2D eigenvalue weighted by Gasteiger charge is 2.54. The highest BCUT2D eigenvalue weighted by molar-refractivity contribution is 5.56. The van der Waals surface area contributed by atoms with Gasteiger partial charge in [-0.25, -0.2) is 4.98 Å². The molecule has 9 nitrogen and oxygen atoms in total. The topological polar surface area (TPSA) is 117 Å². The minimum Gasteiger partial charge on any atom is -0.390 e. The van der Waals surface area contributed by atoms with E-state index in [1.807, 2.05) is 29.8 Å². The summed E-state index contributed by atoms with van der Waals surface area (Å²) in [7, 11) is 0. The van der Waals surface area contributed by atoms with Gasteiger partial charge in [-0.15, -0.1) is 0 Å². The molecule has 0 radical (unpaired) electrons. The van der Waals surface area contributed by atoms with Crippen LogP contribution in [-0.4, -0.2) is 46.5 Å². The van der Waals surface area contributed by atoms with E-state index in [0.717, 1.165) is 30.8 Å². The minimum absolute atomic E-state index is 0.306. The standard InChI is InChI=1S/C21H26N8O/c1-12-4-17(28-27-12)23-16-7-18(29-3-2-22-11-29)25-20(24-16)26-19-14-5-13-6-15(19)10-21(30,8-13)9-14/h2-4,7,11,13-15,19,30H,5-6,8-10H2,1H3,(H3,23,24,25,26,27,28). The molecule has 0 amide bonds. The number of hydrogen-bond donors (Lipinski definition) is 4. The highest BCUT2D eigenvalue weighted by Crippen LogP contribution is 2.56. The van der Waals surface area contributed by atoms with Gasteiger partial charge >= 0.3 is 0 Å². The van der Waals surface area contributed by atoms with E-state index in [0.29, 0.717) is 41.4 Å². The van der Waals surface area contributed by atoms with Crippen molar-refractivity contribution in [2.24, 2.45) is 17.8 Å². The number of hydrogen-bond acceptors (Lipinski definition) is 7. The summed E-state index contributed by atoms with van der Waals surface area (Å²) in [6, 6.07) is 4.13. The normalized spacial score (nSPS) is 31.8. The Labute approximate surface area is 174 Å². The van der Waals surface area contributed by atoms with Crippen LogP contribution in [0.3, 0.4) is 0 Å². The fourth-order valence-electron chi connectivity index (χ4n) is 6.07. The molecule has 3 aromatic rings. The quantitative estimate of drug-likeness (QED) is 0.515. The Bertz CT molecular complexity index is 1040. The van der Waals surface area contributed by atoms with Gasteiger partial charge in [0.15, 0.2) is 5.82 Å². The summed E-state index contributed by atoms with van der Waals surface area (Å²) < 4.78 is 1.87. The van der Waals surface area contributed by atoms with E-state index in [-0.39, 0.29) is 0 Å². The molecule has 2 atom stereocenters. The first-order valence-corrected chi connectivity index (χ1v) is 10.7. The van der Waals surface area contributed by atoms with Crippen molar-refractivity contribution in [3.8, 4) is 5.82 Å². The van der Waals surface area contributed by atoms with Crippen LogP contribution in [0.4, 0.5) is 17.6 Å². The van der Waals surface area contributed by atoms with Crippen LogP contribution < -0.4 is 10.6 Å². The van der Waals surface area contributed by atoms with Gasteiger partial charge in [0.1, 0.15) is 18.0 Å². The molecule has 4 bridgehead atoms. The first-order chi connectivity index (χ1) is 14.5. The molecule has 4 aliphatic rings. The molecule has 156 valence electrons. The molecule has 3 heterocycles. The number of aromatic nitrogens is 6. The Balaban J connectivity index is 1.31. The number of anilines is 3. The predicted molar refractivity (Wildman–Crippen MR) is 112 cm³/mol. The number of H-pyrrole nitrogens is 1. The summed E-state index contributed by atoms with van der Waals surface area (Å²) in [6.07, 6.45) is 10.5. The lowest BCUT2D eigenvalue weighted by molar-refractivity contribution is -0.129. The van der Waals surface area contributed by atoms with E-state index >= 15 is 0 Å². The van der Waals surface area contributed by atoms with Crippen LogP contribution in [0.2, 0.25) is 0 Å². The second kappa shape index (κ2) is 6.53. The van der Waals surface area contributed by atoms with Gasteiger partial charge in [-0.1, -0.05) is 0 Å². The van der Waals surface area contributed by atoms with E-state index in [4.69, 9.17) is 9.97 Å². The maximum Gasteiger partial charge on any atom is 0.226 e. The Hall–Kier alpha value is -2.94. The molecule has 7 rings (SSSR count). The summed E-state index contributed by atoms with van der Waals surface area (Å²) in [5.74, 6) is 4.35. The van der Waals surface area contributed by atoms with Crippen LogP contribution in [0, 0.1) is 24.7 Å². The first kappa shape index (κ1) is 17.9. The van der Waals surface area contributed by atoms with Crippen LogP contribution in [0.5, 0.6) is 0 Å². The zero-order valence-electron chi connectivity index (χ0n) is 16.9. The van der Waals surface area contributed by atoms with Crippen molar-refractivity contribution in [2.75, 3.05) is 10.6 Å². The van der Waals surface area contributed by atoms with Crippen molar-refractivity contribution < 1.29 is 5.11 Å². The van der Waals surface area contributed by atoms with Crippen molar-refractivity contribution in [1.82, 2.24) is 29.7 Å². The van der Waals surface area contributed by atoms with Gasteiger partial charge < -0.3 is 15.7 Å². The highest BCUT2D eigenvalue weighted by atomic mass is 16.3.